The molecule has 0 aliphatic carbocycles. The lowest BCUT2D eigenvalue weighted by Gasteiger charge is -2.24. The summed E-state index contributed by atoms with van der Waals surface area (Å²) in [5.74, 6) is -0.764. The van der Waals surface area contributed by atoms with Gasteiger partial charge in [0.1, 0.15) is 19.8 Å². The van der Waals surface area contributed by atoms with E-state index in [-0.39, 0.29) is 25.6 Å². The highest BCUT2D eigenvalue weighted by atomic mass is 31.2. The zero-order valence-corrected chi connectivity index (χ0v) is 65.9. The Morgan fingerprint density at radius 3 is 0.779 bits per heavy atom. The molecule has 0 aromatic heterocycles. The van der Waals surface area contributed by atoms with Crippen molar-refractivity contribution in [1.82, 2.24) is 0 Å². The number of phosphoric acid groups is 1. The Bertz CT molecular complexity index is 1600. The fraction of sp³-hybridized carbons (Fsp3) is 0.953. The van der Waals surface area contributed by atoms with E-state index in [1.807, 2.05) is 21.1 Å². The minimum atomic E-state index is -4.39. The van der Waals surface area contributed by atoms with Crippen molar-refractivity contribution < 1.29 is 42.1 Å². The SMILES string of the molecule is CCCCCCCCCC/C=C\CCCCCCCCCCCCCCCCCCCCCCCCCCCCCC(=O)OC(COC(=O)CCCCCCCCCCCCCCCCCCCCCCCCCCCCCCCCCC)COP(=O)(O)OCC[N+](C)(C)C. The van der Waals surface area contributed by atoms with E-state index in [0.717, 1.165) is 38.5 Å². The van der Waals surface area contributed by atoms with E-state index >= 15 is 0 Å². The van der Waals surface area contributed by atoms with Crippen LogP contribution < -0.4 is 0 Å². The fourth-order valence-corrected chi connectivity index (χ4v) is 14.2. The molecular formula is C85H169NO8P+. The molecule has 0 saturated carbocycles. The summed E-state index contributed by atoms with van der Waals surface area (Å²) in [4.78, 5) is 36.0. The van der Waals surface area contributed by atoms with Gasteiger partial charge in [0.05, 0.1) is 27.7 Å². The van der Waals surface area contributed by atoms with Crippen LogP contribution in [0.2, 0.25) is 0 Å². The molecule has 0 spiro atoms. The van der Waals surface area contributed by atoms with Gasteiger partial charge in [0.15, 0.2) is 6.10 Å². The number of carbonyl (C=O) groups is 2. The fourth-order valence-electron chi connectivity index (χ4n) is 13.5. The molecule has 0 heterocycles. The summed E-state index contributed by atoms with van der Waals surface area (Å²) < 4.78 is 34.9. The van der Waals surface area contributed by atoms with Crippen LogP contribution in [0.4, 0.5) is 0 Å². The number of unbranched alkanes of at least 4 members (excludes halogenated alkanes) is 66. The highest BCUT2D eigenvalue weighted by Crippen LogP contribution is 2.43. The third-order valence-electron chi connectivity index (χ3n) is 20.0. The van der Waals surface area contributed by atoms with Gasteiger partial charge < -0.3 is 18.9 Å². The van der Waals surface area contributed by atoms with E-state index in [4.69, 9.17) is 18.5 Å². The minimum absolute atomic E-state index is 0.0373. The van der Waals surface area contributed by atoms with Gasteiger partial charge in [-0.15, -0.1) is 0 Å². The number of likely N-dealkylation sites (N-methyl/N-ethyl adjacent to an activating group) is 1. The average molecular weight is 1360 g/mol. The number of allylic oxidation sites excluding steroid dienone is 2. The number of hydrogen-bond donors (Lipinski definition) is 1. The van der Waals surface area contributed by atoms with Crippen molar-refractivity contribution in [3.63, 3.8) is 0 Å². The summed E-state index contributed by atoms with van der Waals surface area (Å²) in [5.41, 5.74) is 0. The minimum Gasteiger partial charge on any atom is -0.462 e. The highest BCUT2D eigenvalue weighted by Gasteiger charge is 2.27. The van der Waals surface area contributed by atoms with Crippen molar-refractivity contribution in [1.29, 1.82) is 0 Å². The van der Waals surface area contributed by atoms with Crippen molar-refractivity contribution in [2.45, 2.75) is 476 Å². The van der Waals surface area contributed by atoms with Gasteiger partial charge in [0, 0.05) is 12.8 Å². The van der Waals surface area contributed by atoms with Crippen LogP contribution in [-0.2, 0) is 32.7 Å². The van der Waals surface area contributed by atoms with Crippen LogP contribution in [0, 0.1) is 0 Å². The second-order valence-electron chi connectivity index (χ2n) is 30.9. The molecule has 0 amide bonds. The van der Waals surface area contributed by atoms with Crippen LogP contribution in [0.3, 0.4) is 0 Å². The van der Waals surface area contributed by atoms with Crippen LogP contribution in [0.15, 0.2) is 12.2 Å². The van der Waals surface area contributed by atoms with Crippen molar-refractivity contribution in [3.8, 4) is 0 Å². The molecule has 0 rings (SSSR count). The Morgan fingerprint density at radius 2 is 0.537 bits per heavy atom. The lowest BCUT2D eigenvalue weighted by atomic mass is 10.0. The highest BCUT2D eigenvalue weighted by molar-refractivity contribution is 7.47. The number of carbonyl (C=O) groups excluding carboxylic acids is 2. The quantitative estimate of drug-likeness (QED) is 0.0211. The zero-order chi connectivity index (χ0) is 69.0. The Morgan fingerprint density at radius 1 is 0.316 bits per heavy atom. The first-order valence-corrected chi connectivity index (χ1v) is 44.4. The molecule has 2 unspecified atom stereocenters. The number of nitrogens with zero attached hydrogens (tertiary/aromatic N) is 1. The number of phosphoric ester groups is 1. The molecule has 0 aromatic carbocycles. The first kappa shape index (κ1) is 93.8. The molecule has 10 heteroatoms. The Labute approximate surface area is 594 Å². The van der Waals surface area contributed by atoms with Crippen molar-refractivity contribution in [2.24, 2.45) is 0 Å². The van der Waals surface area contributed by atoms with Gasteiger partial charge in [0.2, 0.25) is 0 Å². The summed E-state index contributed by atoms with van der Waals surface area (Å²) in [7, 11) is 1.51. The van der Waals surface area contributed by atoms with E-state index in [1.165, 1.54) is 405 Å². The van der Waals surface area contributed by atoms with E-state index in [1.54, 1.807) is 0 Å². The van der Waals surface area contributed by atoms with E-state index in [0.29, 0.717) is 17.4 Å². The maximum absolute atomic E-state index is 12.9. The van der Waals surface area contributed by atoms with Crippen molar-refractivity contribution in [3.05, 3.63) is 12.2 Å². The topological polar surface area (TPSA) is 108 Å². The van der Waals surface area contributed by atoms with Crippen LogP contribution in [0.5, 0.6) is 0 Å². The van der Waals surface area contributed by atoms with Crippen LogP contribution in [-0.4, -0.2) is 74.9 Å². The van der Waals surface area contributed by atoms with E-state index in [9.17, 15) is 19.0 Å². The molecule has 1 N–H and O–H groups in total. The third kappa shape index (κ3) is 81.6. The lowest BCUT2D eigenvalue weighted by molar-refractivity contribution is -0.870. The molecular weight excluding hydrogens is 1190 g/mol. The monoisotopic (exact) mass is 1360 g/mol. The van der Waals surface area contributed by atoms with Gasteiger partial charge in [-0.1, -0.05) is 431 Å². The molecule has 0 aliphatic rings. The Balaban J connectivity index is 3.85. The lowest BCUT2D eigenvalue weighted by Crippen LogP contribution is -2.37. The van der Waals surface area contributed by atoms with Gasteiger partial charge in [0.25, 0.3) is 0 Å². The number of rotatable bonds is 82. The molecule has 0 aromatic rings. The number of ether oxygens (including phenoxy) is 2. The average Bonchev–Trinajstić information content (AvgIpc) is 2.18. The molecule has 566 valence electrons. The second-order valence-corrected chi connectivity index (χ2v) is 32.4. The van der Waals surface area contributed by atoms with Crippen molar-refractivity contribution >= 4 is 19.8 Å². The van der Waals surface area contributed by atoms with Gasteiger partial charge in [-0.05, 0) is 38.5 Å². The Hall–Kier alpha value is -1.25. The predicted octanol–water partition coefficient (Wildman–Crippen LogP) is 28.6. The second kappa shape index (κ2) is 76.9. The van der Waals surface area contributed by atoms with Crippen LogP contribution in [0.25, 0.3) is 0 Å². The molecule has 9 nitrogen and oxygen atoms in total. The standard InChI is InChI=1S/C85H168NO8P/c1-6-8-10-12-14-16-18-20-22-24-26-28-30-32-34-36-38-40-41-42-43-44-45-46-48-50-52-54-56-58-60-62-64-66-68-70-72-74-76-78-85(88)94-83(82-93-95(89,90)92-80-79-86(3,4)5)81-91-84(87)77-75-73-71-69-67-65-63-61-59-57-55-53-51-49-47-39-37-35-33-31-29-27-25-23-21-19-17-15-13-11-9-7-2/h24,26,83H,6-23,25,27-82H2,1-5H3/p+1/b26-24-. The van der Waals surface area contributed by atoms with E-state index < -0.39 is 26.5 Å². The zero-order valence-electron chi connectivity index (χ0n) is 65.0. The molecule has 0 radical (unpaired) electrons. The summed E-state index contributed by atoms with van der Waals surface area (Å²) >= 11 is 0. The third-order valence-corrected chi connectivity index (χ3v) is 21.0. The first-order valence-electron chi connectivity index (χ1n) is 42.9. The summed E-state index contributed by atoms with van der Waals surface area (Å²) in [6, 6.07) is 0. The largest absolute Gasteiger partial charge is 0.472 e. The molecule has 2 atom stereocenters. The number of hydrogen-bond acceptors (Lipinski definition) is 7. The first-order chi connectivity index (χ1) is 46.5. The van der Waals surface area contributed by atoms with Crippen molar-refractivity contribution in [2.75, 3.05) is 47.5 Å². The molecule has 0 bridgehead atoms. The summed E-state index contributed by atoms with van der Waals surface area (Å²) in [6.45, 7) is 4.54. The maximum Gasteiger partial charge on any atom is 0.472 e. The number of esters is 2. The molecule has 0 aliphatic heterocycles. The van der Waals surface area contributed by atoms with E-state index in [2.05, 4.69) is 26.0 Å². The smallest absolute Gasteiger partial charge is 0.462 e. The van der Waals surface area contributed by atoms with Gasteiger partial charge in [-0.3, -0.25) is 18.6 Å². The maximum atomic E-state index is 12.9. The normalized spacial score (nSPS) is 12.9. The van der Waals surface area contributed by atoms with Gasteiger partial charge in [-0.2, -0.15) is 0 Å². The number of quaternary nitrogens is 1. The van der Waals surface area contributed by atoms with Crippen LogP contribution >= 0.6 is 7.82 Å². The summed E-state index contributed by atoms with van der Waals surface area (Å²) in [6.07, 6.45) is 98.3. The molecule has 95 heavy (non-hydrogen) atoms. The van der Waals surface area contributed by atoms with Crippen LogP contribution in [0.1, 0.15) is 470 Å². The van der Waals surface area contributed by atoms with Gasteiger partial charge >= 0.3 is 19.8 Å². The molecule has 0 saturated heterocycles. The predicted molar refractivity (Wildman–Crippen MR) is 414 cm³/mol. The molecule has 0 fully saturated rings. The Kier molecular flexibility index (Phi) is 75.9. The van der Waals surface area contributed by atoms with Gasteiger partial charge in [-0.25, -0.2) is 4.57 Å². The summed E-state index contributed by atoms with van der Waals surface area (Å²) in [5, 5.41) is 0.